The van der Waals surface area contributed by atoms with Crippen LogP contribution in [0.15, 0.2) is 12.3 Å². The predicted octanol–water partition coefficient (Wildman–Crippen LogP) is 1.63. The number of hydrogen-bond donors (Lipinski definition) is 1. The van der Waals surface area contributed by atoms with Crippen LogP contribution in [0.2, 0.25) is 0 Å². The summed E-state index contributed by atoms with van der Waals surface area (Å²) in [6.07, 6.45) is 4.61. The first-order valence-electron chi connectivity index (χ1n) is 4.52. The van der Waals surface area contributed by atoms with Gasteiger partial charge in [-0.3, -0.25) is 4.68 Å². The molecule has 1 aliphatic carbocycles. The second kappa shape index (κ2) is 2.81. The molecule has 0 amide bonds. The van der Waals surface area contributed by atoms with Crippen molar-refractivity contribution in [3.63, 3.8) is 0 Å². The quantitative estimate of drug-likeness (QED) is 0.721. The van der Waals surface area contributed by atoms with E-state index >= 15 is 0 Å². The van der Waals surface area contributed by atoms with Gasteiger partial charge < -0.3 is 5.32 Å². The fourth-order valence-electron chi connectivity index (χ4n) is 1.56. The second-order valence-corrected chi connectivity index (χ2v) is 3.68. The van der Waals surface area contributed by atoms with Gasteiger partial charge in [-0.25, -0.2) is 0 Å². The third-order valence-electron chi connectivity index (χ3n) is 2.67. The Morgan fingerprint density at radius 1 is 1.58 bits per heavy atom. The molecule has 0 spiro atoms. The van der Waals surface area contributed by atoms with Crippen molar-refractivity contribution in [1.82, 2.24) is 9.78 Å². The lowest BCUT2D eigenvalue weighted by molar-refractivity contribution is 0.303. The Balaban J connectivity index is 1.95. The van der Waals surface area contributed by atoms with Gasteiger partial charge in [-0.1, -0.05) is 6.92 Å². The fraction of sp³-hybridized carbons (Fsp3) is 0.667. The smallest absolute Gasteiger partial charge is 0.148 e. The normalized spacial score (nSPS) is 28.2. The summed E-state index contributed by atoms with van der Waals surface area (Å²) in [6.45, 7) is 2.28. The molecule has 2 unspecified atom stereocenters. The monoisotopic (exact) mass is 165 g/mol. The van der Waals surface area contributed by atoms with Crippen LogP contribution in [0, 0.1) is 5.92 Å². The zero-order chi connectivity index (χ0) is 8.55. The lowest BCUT2D eigenvalue weighted by atomic mass is 9.81. The molecule has 1 aliphatic rings. The molecule has 1 fully saturated rings. The molecule has 0 bridgehead atoms. The van der Waals surface area contributed by atoms with Gasteiger partial charge in [-0.05, 0) is 18.8 Å². The van der Waals surface area contributed by atoms with Gasteiger partial charge in [0.25, 0.3) is 0 Å². The number of aromatic nitrogens is 2. The minimum absolute atomic E-state index is 0.653. The van der Waals surface area contributed by atoms with Crippen molar-refractivity contribution in [3.05, 3.63) is 12.3 Å². The molecule has 0 saturated heterocycles. The zero-order valence-corrected chi connectivity index (χ0v) is 7.62. The molecule has 3 heteroatoms. The van der Waals surface area contributed by atoms with Gasteiger partial charge in [-0.2, -0.15) is 5.10 Å². The molecule has 3 nitrogen and oxygen atoms in total. The van der Waals surface area contributed by atoms with Crippen LogP contribution in [0.3, 0.4) is 0 Å². The summed E-state index contributed by atoms with van der Waals surface area (Å²) < 4.78 is 1.83. The van der Waals surface area contributed by atoms with Crippen molar-refractivity contribution >= 4 is 5.82 Å². The minimum atomic E-state index is 0.653. The number of anilines is 1. The SMILES string of the molecule is CC1CCC1Nc1ccn(C)n1. The van der Waals surface area contributed by atoms with Crippen LogP contribution >= 0.6 is 0 Å². The van der Waals surface area contributed by atoms with Crippen molar-refractivity contribution in [2.75, 3.05) is 5.32 Å². The maximum absolute atomic E-state index is 4.27. The van der Waals surface area contributed by atoms with Gasteiger partial charge in [0.1, 0.15) is 5.82 Å². The number of rotatable bonds is 2. The molecule has 2 atom stereocenters. The second-order valence-electron chi connectivity index (χ2n) is 3.68. The van der Waals surface area contributed by atoms with Crippen LogP contribution in [0.5, 0.6) is 0 Å². The van der Waals surface area contributed by atoms with Crippen LogP contribution in [-0.4, -0.2) is 15.8 Å². The van der Waals surface area contributed by atoms with Crippen LogP contribution in [-0.2, 0) is 7.05 Å². The minimum Gasteiger partial charge on any atom is -0.366 e. The Hall–Kier alpha value is -0.990. The Bertz CT molecular complexity index is 266. The van der Waals surface area contributed by atoms with Gasteiger partial charge in [-0.15, -0.1) is 0 Å². The van der Waals surface area contributed by atoms with Gasteiger partial charge in [0.2, 0.25) is 0 Å². The highest BCUT2D eigenvalue weighted by Gasteiger charge is 2.26. The Morgan fingerprint density at radius 3 is 2.83 bits per heavy atom. The number of nitrogens with zero attached hydrogens (tertiary/aromatic N) is 2. The van der Waals surface area contributed by atoms with E-state index in [1.807, 2.05) is 24.0 Å². The van der Waals surface area contributed by atoms with Crippen LogP contribution in [0.4, 0.5) is 5.82 Å². The molecule has 1 saturated carbocycles. The average Bonchev–Trinajstić information content (AvgIpc) is 2.44. The third kappa shape index (κ3) is 1.31. The maximum atomic E-state index is 4.27. The molecule has 0 radical (unpaired) electrons. The van der Waals surface area contributed by atoms with Gasteiger partial charge in [0.15, 0.2) is 0 Å². The lowest BCUT2D eigenvalue weighted by Crippen LogP contribution is -2.36. The zero-order valence-electron chi connectivity index (χ0n) is 7.62. The van der Waals surface area contributed by atoms with Crippen LogP contribution in [0.25, 0.3) is 0 Å². The van der Waals surface area contributed by atoms with E-state index in [0.29, 0.717) is 6.04 Å². The molecule has 0 aliphatic heterocycles. The third-order valence-corrected chi connectivity index (χ3v) is 2.67. The van der Waals surface area contributed by atoms with E-state index in [9.17, 15) is 0 Å². The summed E-state index contributed by atoms with van der Waals surface area (Å²) in [5.74, 6) is 1.82. The number of aryl methyl sites for hydroxylation is 1. The van der Waals surface area contributed by atoms with Gasteiger partial charge in [0, 0.05) is 25.4 Å². The van der Waals surface area contributed by atoms with E-state index in [1.54, 1.807) is 0 Å². The highest BCUT2D eigenvalue weighted by atomic mass is 15.3. The summed E-state index contributed by atoms with van der Waals surface area (Å²) in [5.41, 5.74) is 0. The summed E-state index contributed by atoms with van der Waals surface area (Å²) in [5, 5.41) is 7.69. The van der Waals surface area contributed by atoms with Crippen LogP contribution < -0.4 is 5.32 Å². The molecule has 1 aromatic rings. The van der Waals surface area contributed by atoms with Crippen molar-refractivity contribution in [2.24, 2.45) is 13.0 Å². The molecular weight excluding hydrogens is 150 g/mol. The molecule has 1 heterocycles. The standard InChI is InChI=1S/C9H15N3/c1-7-3-4-8(7)10-9-5-6-12(2)11-9/h5-8H,3-4H2,1-2H3,(H,10,11). The van der Waals surface area contributed by atoms with Crippen molar-refractivity contribution in [2.45, 2.75) is 25.8 Å². The first-order valence-corrected chi connectivity index (χ1v) is 4.52. The van der Waals surface area contributed by atoms with E-state index in [1.165, 1.54) is 12.8 Å². The predicted molar refractivity (Wildman–Crippen MR) is 49.0 cm³/mol. The molecule has 1 N–H and O–H groups in total. The van der Waals surface area contributed by atoms with Gasteiger partial charge >= 0.3 is 0 Å². The lowest BCUT2D eigenvalue weighted by Gasteiger charge is -2.34. The van der Waals surface area contributed by atoms with Crippen LogP contribution in [0.1, 0.15) is 19.8 Å². The largest absolute Gasteiger partial charge is 0.366 e. The molecular formula is C9H15N3. The van der Waals surface area contributed by atoms with E-state index in [4.69, 9.17) is 0 Å². The fourth-order valence-corrected chi connectivity index (χ4v) is 1.56. The Labute approximate surface area is 72.8 Å². The van der Waals surface area contributed by atoms with E-state index in [-0.39, 0.29) is 0 Å². The van der Waals surface area contributed by atoms with E-state index in [0.717, 1.165) is 11.7 Å². The Morgan fingerprint density at radius 2 is 2.42 bits per heavy atom. The topological polar surface area (TPSA) is 29.9 Å². The Kier molecular flexibility index (Phi) is 1.79. The average molecular weight is 165 g/mol. The van der Waals surface area contributed by atoms with Crippen molar-refractivity contribution in [3.8, 4) is 0 Å². The summed E-state index contributed by atoms with van der Waals surface area (Å²) in [6, 6.07) is 2.67. The first kappa shape index (κ1) is 7.65. The van der Waals surface area contributed by atoms with E-state index < -0.39 is 0 Å². The summed E-state index contributed by atoms with van der Waals surface area (Å²) in [4.78, 5) is 0. The van der Waals surface area contributed by atoms with Gasteiger partial charge in [0.05, 0.1) is 0 Å². The first-order chi connectivity index (χ1) is 5.75. The van der Waals surface area contributed by atoms with Crippen molar-refractivity contribution < 1.29 is 0 Å². The highest BCUT2D eigenvalue weighted by molar-refractivity contribution is 5.34. The summed E-state index contributed by atoms with van der Waals surface area (Å²) >= 11 is 0. The van der Waals surface area contributed by atoms with Crippen molar-refractivity contribution in [1.29, 1.82) is 0 Å². The maximum Gasteiger partial charge on any atom is 0.148 e. The highest BCUT2D eigenvalue weighted by Crippen LogP contribution is 2.28. The molecule has 1 aromatic heterocycles. The molecule has 66 valence electrons. The van der Waals surface area contributed by atoms with E-state index in [2.05, 4.69) is 17.3 Å². The summed E-state index contributed by atoms with van der Waals surface area (Å²) in [7, 11) is 1.94. The molecule has 12 heavy (non-hydrogen) atoms. The molecule has 2 rings (SSSR count). The number of nitrogens with one attached hydrogen (secondary N) is 1. The molecule has 0 aromatic carbocycles. The number of hydrogen-bond acceptors (Lipinski definition) is 2.